The van der Waals surface area contributed by atoms with Crippen LogP contribution in [0.2, 0.25) is 0 Å². The van der Waals surface area contributed by atoms with Crippen molar-refractivity contribution in [1.82, 2.24) is 4.31 Å². The molecule has 7 heteroatoms. The average molecular weight is 405 g/mol. The number of para-hydroxylation sites is 1. The van der Waals surface area contributed by atoms with Crippen LogP contribution in [-0.4, -0.2) is 44.5 Å². The lowest BCUT2D eigenvalue weighted by Crippen LogP contribution is -2.35. The zero-order valence-corrected chi connectivity index (χ0v) is 17.4. The molecule has 2 aromatic carbocycles. The second kappa shape index (κ2) is 8.04. The maximum Gasteiger partial charge on any atom is 0.242 e. The van der Waals surface area contributed by atoms with Crippen molar-refractivity contribution < 1.29 is 13.2 Å². The topological polar surface area (TPSA) is 57.7 Å². The first-order valence-electron chi connectivity index (χ1n) is 8.83. The number of carbonyl (C=O) groups excluding carboxylic acids is 1. The smallest absolute Gasteiger partial charge is 0.242 e. The molecule has 2 aromatic rings. The fourth-order valence-corrected chi connectivity index (χ4v) is 4.95. The lowest BCUT2D eigenvalue weighted by atomic mass is 10.2. The second-order valence-corrected chi connectivity index (χ2v) is 10.2. The van der Waals surface area contributed by atoms with E-state index in [1.807, 2.05) is 36.1 Å². The maximum absolute atomic E-state index is 12.8. The Morgan fingerprint density at radius 2 is 1.93 bits per heavy atom. The van der Waals surface area contributed by atoms with Gasteiger partial charge in [0.25, 0.3) is 0 Å². The number of nitrogens with zero attached hydrogens (tertiary/aromatic N) is 2. The first-order chi connectivity index (χ1) is 12.8. The van der Waals surface area contributed by atoms with Crippen LogP contribution in [-0.2, 0) is 27.0 Å². The molecule has 5 nitrogen and oxygen atoms in total. The van der Waals surface area contributed by atoms with E-state index in [4.69, 9.17) is 0 Å². The Morgan fingerprint density at radius 1 is 1.19 bits per heavy atom. The van der Waals surface area contributed by atoms with Crippen molar-refractivity contribution in [2.24, 2.45) is 0 Å². The van der Waals surface area contributed by atoms with Gasteiger partial charge in [0.05, 0.1) is 10.1 Å². The van der Waals surface area contributed by atoms with Gasteiger partial charge in [0.15, 0.2) is 0 Å². The molecule has 0 aliphatic carbocycles. The number of thioether (sulfide) groups is 1. The van der Waals surface area contributed by atoms with Crippen LogP contribution < -0.4 is 4.90 Å². The molecule has 0 saturated carbocycles. The van der Waals surface area contributed by atoms with Crippen LogP contribution in [0.1, 0.15) is 18.1 Å². The van der Waals surface area contributed by atoms with Crippen LogP contribution in [0.25, 0.3) is 0 Å². The molecule has 144 valence electrons. The SMILES string of the molecule is CC(SCc1cccc(S(=O)(=O)N(C)C)c1)C(=O)N1CCc2ccccc21. The Morgan fingerprint density at radius 3 is 2.67 bits per heavy atom. The van der Waals surface area contributed by atoms with Gasteiger partial charge in [-0.1, -0.05) is 30.3 Å². The van der Waals surface area contributed by atoms with E-state index in [0.717, 1.165) is 24.2 Å². The molecule has 1 aliphatic heterocycles. The zero-order valence-electron chi connectivity index (χ0n) is 15.8. The van der Waals surface area contributed by atoms with E-state index in [9.17, 15) is 13.2 Å². The summed E-state index contributed by atoms with van der Waals surface area (Å²) in [6.07, 6.45) is 0.893. The molecule has 1 heterocycles. The molecule has 0 fully saturated rings. The summed E-state index contributed by atoms with van der Waals surface area (Å²) in [5.41, 5.74) is 3.11. The van der Waals surface area contributed by atoms with E-state index in [2.05, 4.69) is 6.07 Å². The highest BCUT2D eigenvalue weighted by molar-refractivity contribution is 7.99. The fourth-order valence-electron chi connectivity index (χ4n) is 3.09. The Hall–Kier alpha value is -1.83. The summed E-state index contributed by atoms with van der Waals surface area (Å²) in [4.78, 5) is 15.0. The van der Waals surface area contributed by atoms with Crippen LogP contribution >= 0.6 is 11.8 Å². The van der Waals surface area contributed by atoms with Crippen LogP contribution in [0.15, 0.2) is 53.4 Å². The molecule has 1 amide bonds. The van der Waals surface area contributed by atoms with Gasteiger partial charge in [-0.25, -0.2) is 12.7 Å². The summed E-state index contributed by atoms with van der Waals surface area (Å²) in [5.74, 6) is 0.682. The van der Waals surface area contributed by atoms with E-state index < -0.39 is 10.0 Å². The monoisotopic (exact) mass is 404 g/mol. The molecule has 27 heavy (non-hydrogen) atoms. The Bertz CT molecular complexity index is 942. The highest BCUT2D eigenvalue weighted by atomic mass is 32.2. The Labute approximate surface area is 165 Å². The first kappa shape index (κ1) is 19.9. The van der Waals surface area contributed by atoms with Gasteiger partial charge in [0, 0.05) is 32.1 Å². The number of amides is 1. The number of benzene rings is 2. The molecule has 0 spiro atoms. The predicted molar refractivity (Wildman–Crippen MR) is 111 cm³/mol. The summed E-state index contributed by atoms with van der Waals surface area (Å²) < 4.78 is 25.8. The lowest BCUT2D eigenvalue weighted by molar-refractivity contribution is -0.117. The minimum Gasteiger partial charge on any atom is -0.311 e. The molecule has 0 radical (unpaired) electrons. The lowest BCUT2D eigenvalue weighted by Gasteiger charge is -2.21. The third-order valence-electron chi connectivity index (χ3n) is 4.68. The molecule has 1 aliphatic rings. The van der Waals surface area contributed by atoms with Crippen LogP contribution in [0.4, 0.5) is 5.69 Å². The summed E-state index contributed by atoms with van der Waals surface area (Å²) in [7, 11) is -0.413. The van der Waals surface area contributed by atoms with Gasteiger partial charge < -0.3 is 4.90 Å². The van der Waals surface area contributed by atoms with Crippen LogP contribution in [0.3, 0.4) is 0 Å². The highest BCUT2D eigenvalue weighted by Crippen LogP contribution is 2.30. The number of hydrogen-bond acceptors (Lipinski definition) is 4. The summed E-state index contributed by atoms with van der Waals surface area (Å²) in [6.45, 7) is 2.63. The van der Waals surface area contributed by atoms with Crippen LogP contribution in [0.5, 0.6) is 0 Å². The van der Waals surface area contributed by atoms with Crippen molar-refractivity contribution in [3.8, 4) is 0 Å². The number of rotatable bonds is 6. The normalized spacial score (nSPS) is 15.0. The molecule has 0 N–H and O–H groups in total. The molecule has 1 atom stereocenters. The minimum absolute atomic E-state index is 0.0991. The minimum atomic E-state index is -3.45. The van der Waals surface area contributed by atoms with E-state index in [1.54, 1.807) is 18.2 Å². The summed E-state index contributed by atoms with van der Waals surface area (Å²) in [5, 5.41) is -0.203. The first-order valence-corrected chi connectivity index (χ1v) is 11.3. The van der Waals surface area contributed by atoms with E-state index in [-0.39, 0.29) is 16.1 Å². The van der Waals surface area contributed by atoms with Crippen molar-refractivity contribution >= 4 is 33.4 Å². The summed E-state index contributed by atoms with van der Waals surface area (Å²) in [6, 6.07) is 14.9. The fraction of sp³-hybridized carbons (Fsp3) is 0.350. The molecule has 0 saturated heterocycles. The van der Waals surface area contributed by atoms with Crippen molar-refractivity contribution in [2.45, 2.75) is 29.2 Å². The third-order valence-corrected chi connectivity index (χ3v) is 7.69. The highest BCUT2D eigenvalue weighted by Gasteiger charge is 2.28. The van der Waals surface area contributed by atoms with Crippen molar-refractivity contribution in [3.05, 3.63) is 59.7 Å². The average Bonchev–Trinajstić information content (AvgIpc) is 3.09. The predicted octanol–water partition coefficient (Wildman–Crippen LogP) is 3.15. The van der Waals surface area contributed by atoms with Crippen LogP contribution in [0, 0.1) is 0 Å². The number of fused-ring (bicyclic) bond motifs is 1. The van der Waals surface area contributed by atoms with Crippen molar-refractivity contribution in [3.63, 3.8) is 0 Å². The number of carbonyl (C=O) groups is 1. The van der Waals surface area contributed by atoms with E-state index in [1.165, 1.54) is 35.7 Å². The Kier molecular flexibility index (Phi) is 5.93. The zero-order chi connectivity index (χ0) is 19.6. The second-order valence-electron chi connectivity index (χ2n) is 6.76. The van der Waals surface area contributed by atoms with E-state index >= 15 is 0 Å². The number of anilines is 1. The van der Waals surface area contributed by atoms with Crippen molar-refractivity contribution in [2.75, 3.05) is 25.5 Å². The van der Waals surface area contributed by atoms with Gasteiger partial charge in [-0.3, -0.25) is 4.79 Å². The van der Waals surface area contributed by atoms with Gasteiger partial charge in [0.2, 0.25) is 15.9 Å². The molecule has 0 aromatic heterocycles. The molecule has 1 unspecified atom stereocenters. The number of hydrogen-bond donors (Lipinski definition) is 0. The number of sulfonamides is 1. The summed E-state index contributed by atoms with van der Waals surface area (Å²) >= 11 is 1.53. The van der Waals surface area contributed by atoms with Gasteiger partial charge in [0.1, 0.15) is 0 Å². The third kappa shape index (κ3) is 4.20. The van der Waals surface area contributed by atoms with Gasteiger partial charge >= 0.3 is 0 Å². The van der Waals surface area contributed by atoms with Gasteiger partial charge in [-0.2, -0.15) is 0 Å². The standard InChI is InChI=1S/C20H24N2O3S2/c1-15(20(23)22-12-11-17-8-4-5-10-19(17)22)26-14-16-7-6-9-18(13-16)27(24,25)21(2)3/h4-10,13,15H,11-12,14H2,1-3H3. The van der Waals surface area contributed by atoms with Crippen molar-refractivity contribution in [1.29, 1.82) is 0 Å². The maximum atomic E-state index is 12.8. The van der Waals surface area contributed by atoms with E-state index in [0.29, 0.717) is 5.75 Å². The van der Waals surface area contributed by atoms with Gasteiger partial charge in [-0.05, 0) is 42.7 Å². The molecular weight excluding hydrogens is 380 g/mol. The quantitative estimate of drug-likeness (QED) is 0.742. The van der Waals surface area contributed by atoms with Gasteiger partial charge in [-0.15, -0.1) is 11.8 Å². The molecule has 0 bridgehead atoms. The molecular formula is C20H24N2O3S2. The Balaban J connectivity index is 1.66. The molecule has 3 rings (SSSR count). The largest absolute Gasteiger partial charge is 0.311 e.